The summed E-state index contributed by atoms with van der Waals surface area (Å²) >= 11 is 0. The molecule has 0 aliphatic carbocycles. The molecule has 10 nitrogen and oxygen atoms in total. The number of hydrogen-bond donors (Lipinski definition) is 4. The van der Waals surface area contributed by atoms with Crippen molar-refractivity contribution >= 4 is 17.7 Å². The van der Waals surface area contributed by atoms with Crippen LogP contribution in [-0.2, 0) is 32.0 Å². The predicted molar refractivity (Wildman–Crippen MR) is 147 cm³/mol. The van der Waals surface area contributed by atoms with Crippen molar-refractivity contribution in [2.45, 2.75) is 57.0 Å². The van der Waals surface area contributed by atoms with Gasteiger partial charge in [-0.1, -0.05) is 42.5 Å². The van der Waals surface area contributed by atoms with Gasteiger partial charge in [0.2, 0.25) is 17.7 Å². The van der Waals surface area contributed by atoms with Gasteiger partial charge in [-0.2, -0.15) is 0 Å². The van der Waals surface area contributed by atoms with Gasteiger partial charge in [0.25, 0.3) is 0 Å². The van der Waals surface area contributed by atoms with Crippen molar-refractivity contribution in [2.24, 2.45) is 0 Å². The van der Waals surface area contributed by atoms with E-state index in [4.69, 9.17) is 4.74 Å². The molecular formula is C30H39N3O7. The Hall–Kier alpha value is -3.15. The maximum Gasteiger partial charge on any atom is 0.243 e. The van der Waals surface area contributed by atoms with E-state index in [0.29, 0.717) is 32.4 Å². The third kappa shape index (κ3) is 7.52. The maximum absolute atomic E-state index is 12.2. The van der Waals surface area contributed by atoms with Gasteiger partial charge in [0.1, 0.15) is 24.4 Å². The van der Waals surface area contributed by atoms with E-state index in [9.17, 15) is 29.7 Å². The molecule has 40 heavy (non-hydrogen) atoms. The number of aliphatic hydroxyl groups is 3. The van der Waals surface area contributed by atoms with Gasteiger partial charge in [-0.3, -0.25) is 24.2 Å². The number of benzene rings is 2. The average Bonchev–Trinajstić information content (AvgIpc) is 2.93. The fourth-order valence-corrected chi connectivity index (χ4v) is 5.04. The second kappa shape index (κ2) is 13.5. The molecule has 0 unspecified atom stereocenters. The molecule has 2 aromatic rings. The van der Waals surface area contributed by atoms with Gasteiger partial charge >= 0.3 is 0 Å². The van der Waals surface area contributed by atoms with E-state index in [-0.39, 0.29) is 37.4 Å². The zero-order valence-corrected chi connectivity index (χ0v) is 23.1. The lowest BCUT2D eigenvalue weighted by atomic mass is 9.91. The van der Waals surface area contributed by atoms with Crippen molar-refractivity contribution in [2.75, 3.05) is 39.8 Å². The molecule has 2 aliphatic rings. The fourth-order valence-electron chi connectivity index (χ4n) is 5.04. The summed E-state index contributed by atoms with van der Waals surface area (Å²) in [5.41, 5.74) is 5.23. The lowest BCUT2D eigenvalue weighted by molar-refractivity contribution is -0.189. The molecule has 10 heteroatoms. The summed E-state index contributed by atoms with van der Waals surface area (Å²) in [5, 5.41) is 33.0. The van der Waals surface area contributed by atoms with Crippen LogP contribution in [0.3, 0.4) is 0 Å². The van der Waals surface area contributed by atoms with Crippen LogP contribution in [0.4, 0.5) is 0 Å². The topological polar surface area (TPSA) is 140 Å². The number of imide groups is 1. The fraction of sp³-hybridized carbons (Fsp3) is 0.500. The SMILES string of the molecule is Cc1ccc([C@@H]2OC[C@@H](O)[C@H](O)[C@H]2O)cc1Cc1ccc(CCCC(=O)NCCN2CC(=O)N(C)C(=O)C2)cc1. The van der Waals surface area contributed by atoms with E-state index in [1.54, 1.807) is 4.90 Å². The lowest BCUT2D eigenvalue weighted by Crippen LogP contribution is -2.53. The number of carbonyl (C=O) groups is 3. The summed E-state index contributed by atoms with van der Waals surface area (Å²) in [6, 6.07) is 14.1. The number of piperazine rings is 1. The number of hydrogen-bond acceptors (Lipinski definition) is 8. The van der Waals surface area contributed by atoms with Gasteiger partial charge in [-0.05, 0) is 54.0 Å². The standard InChI is InChI=1S/C30H39N3O7/c1-19-6-11-22(30-29(39)28(38)24(34)18-40-30)15-23(19)14-21-9-7-20(8-10-21)4-3-5-25(35)31-12-13-33-16-26(36)32(2)27(37)17-33/h6-11,15,24,28-30,34,38-39H,3-5,12-14,16-18H2,1-2H3,(H,31,35)/t24-,28+,29-,30+/m1/s1. The Morgan fingerprint density at radius 3 is 2.38 bits per heavy atom. The summed E-state index contributed by atoms with van der Waals surface area (Å²) in [6.07, 6.45) is -1.67. The Kier molecular flexibility index (Phi) is 10.0. The number of rotatable bonds is 10. The molecule has 3 amide bonds. The molecule has 216 valence electrons. The molecule has 2 heterocycles. The second-order valence-electron chi connectivity index (χ2n) is 10.7. The molecule has 0 bridgehead atoms. The predicted octanol–water partition coefficient (Wildman–Crippen LogP) is 0.479. The number of aliphatic hydroxyl groups excluding tert-OH is 3. The minimum absolute atomic E-state index is 0.0316. The van der Waals surface area contributed by atoms with Crippen molar-refractivity contribution in [3.63, 3.8) is 0 Å². The minimum Gasteiger partial charge on any atom is -0.388 e. The first-order valence-corrected chi connectivity index (χ1v) is 13.7. The molecular weight excluding hydrogens is 514 g/mol. The summed E-state index contributed by atoms with van der Waals surface area (Å²) in [5.74, 6) is -0.505. The van der Waals surface area contributed by atoms with Crippen LogP contribution in [0.25, 0.3) is 0 Å². The largest absolute Gasteiger partial charge is 0.388 e. The Morgan fingerprint density at radius 1 is 1.00 bits per heavy atom. The summed E-state index contributed by atoms with van der Waals surface area (Å²) in [4.78, 5) is 38.6. The molecule has 0 spiro atoms. The van der Waals surface area contributed by atoms with E-state index < -0.39 is 24.4 Å². The van der Waals surface area contributed by atoms with Crippen molar-refractivity contribution in [3.05, 3.63) is 70.3 Å². The van der Waals surface area contributed by atoms with Crippen molar-refractivity contribution in [3.8, 4) is 0 Å². The van der Waals surface area contributed by atoms with E-state index in [1.807, 2.05) is 25.1 Å². The molecule has 2 aliphatic heterocycles. The van der Waals surface area contributed by atoms with Gasteiger partial charge in [-0.15, -0.1) is 0 Å². The first-order valence-electron chi connectivity index (χ1n) is 13.7. The van der Waals surface area contributed by atoms with Crippen LogP contribution < -0.4 is 5.32 Å². The third-order valence-corrected chi connectivity index (χ3v) is 7.71. The molecule has 2 fully saturated rings. The number of nitrogens with zero attached hydrogens (tertiary/aromatic N) is 2. The minimum atomic E-state index is -1.25. The van der Waals surface area contributed by atoms with E-state index in [0.717, 1.165) is 39.1 Å². The maximum atomic E-state index is 12.2. The molecule has 0 saturated carbocycles. The summed E-state index contributed by atoms with van der Waals surface area (Å²) in [6.45, 7) is 3.22. The highest BCUT2D eigenvalue weighted by Crippen LogP contribution is 2.30. The molecule has 4 rings (SSSR count). The van der Waals surface area contributed by atoms with Crippen molar-refractivity contribution in [1.29, 1.82) is 0 Å². The highest BCUT2D eigenvalue weighted by atomic mass is 16.5. The molecule has 2 aromatic carbocycles. The second-order valence-corrected chi connectivity index (χ2v) is 10.7. The van der Waals surface area contributed by atoms with E-state index in [2.05, 4.69) is 29.6 Å². The van der Waals surface area contributed by atoms with Crippen LogP contribution in [0.2, 0.25) is 0 Å². The zero-order valence-electron chi connectivity index (χ0n) is 23.1. The Bertz CT molecular complexity index is 1180. The van der Waals surface area contributed by atoms with Gasteiger partial charge in [-0.25, -0.2) is 0 Å². The quantitative estimate of drug-likeness (QED) is 0.312. The summed E-state index contributed by atoms with van der Waals surface area (Å²) < 4.78 is 5.62. The molecule has 0 aromatic heterocycles. The van der Waals surface area contributed by atoms with E-state index in [1.165, 1.54) is 7.05 Å². The van der Waals surface area contributed by atoms with E-state index >= 15 is 0 Å². The lowest BCUT2D eigenvalue weighted by Gasteiger charge is -2.35. The molecule has 4 atom stereocenters. The zero-order chi connectivity index (χ0) is 28.8. The number of ether oxygens (including phenoxy) is 1. The Labute approximate surface area is 234 Å². The van der Waals surface area contributed by atoms with Crippen LogP contribution >= 0.6 is 0 Å². The molecule has 2 saturated heterocycles. The van der Waals surface area contributed by atoms with Crippen molar-refractivity contribution < 1.29 is 34.4 Å². The number of aryl methyl sites for hydroxylation is 2. The highest BCUT2D eigenvalue weighted by molar-refractivity contribution is 5.99. The first kappa shape index (κ1) is 29.8. The van der Waals surface area contributed by atoms with Gasteiger partial charge < -0.3 is 25.4 Å². The number of carbonyl (C=O) groups excluding carboxylic acids is 3. The number of nitrogens with one attached hydrogen (secondary N) is 1. The van der Waals surface area contributed by atoms with Gasteiger partial charge in [0.15, 0.2) is 0 Å². The average molecular weight is 554 g/mol. The highest BCUT2D eigenvalue weighted by Gasteiger charge is 2.38. The van der Waals surface area contributed by atoms with Crippen LogP contribution in [-0.4, -0.2) is 101 Å². The van der Waals surface area contributed by atoms with Crippen LogP contribution in [0.15, 0.2) is 42.5 Å². The van der Waals surface area contributed by atoms with Gasteiger partial charge in [0, 0.05) is 26.6 Å². The summed E-state index contributed by atoms with van der Waals surface area (Å²) in [7, 11) is 1.48. The van der Waals surface area contributed by atoms with Crippen LogP contribution in [0.1, 0.15) is 46.8 Å². The normalized spacial score (nSPS) is 23.9. The molecule has 0 radical (unpaired) electrons. The van der Waals surface area contributed by atoms with Gasteiger partial charge in [0.05, 0.1) is 19.7 Å². The van der Waals surface area contributed by atoms with Crippen LogP contribution in [0, 0.1) is 6.92 Å². The Balaban J connectivity index is 1.21. The van der Waals surface area contributed by atoms with Crippen molar-refractivity contribution in [1.82, 2.24) is 15.1 Å². The number of amides is 3. The smallest absolute Gasteiger partial charge is 0.243 e. The van der Waals surface area contributed by atoms with Crippen LogP contribution in [0.5, 0.6) is 0 Å². The third-order valence-electron chi connectivity index (χ3n) is 7.71. The first-order chi connectivity index (χ1) is 19.1. The monoisotopic (exact) mass is 553 g/mol. The number of likely N-dealkylation sites (N-methyl/N-ethyl adjacent to an activating group) is 1. The Morgan fingerprint density at radius 2 is 1.68 bits per heavy atom. The molecule has 4 N–H and O–H groups in total.